The minimum Gasteiger partial charge on any atom is -0.490 e. The molecular weight excluding hydrogens is 515 g/mol. The zero-order chi connectivity index (χ0) is 23.1. The Balaban J connectivity index is 1.71. The monoisotopic (exact) mass is 536 g/mol. The summed E-state index contributed by atoms with van der Waals surface area (Å²) in [7, 11) is 0. The first-order valence-electron chi connectivity index (χ1n) is 9.99. The van der Waals surface area contributed by atoms with Crippen LogP contribution in [0.4, 0.5) is 11.4 Å². The van der Waals surface area contributed by atoms with E-state index in [4.69, 9.17) is 32.7 Å². The molecule has 2 N–H and O–H groups in total. The summed E-state index contributed by atoms with van der Waals surface area (Å²) in [6.45, 7) is 4.78. The second kappa shape index (κ2) is 11.5. The molecule has 0 aliphatic heterocycles. The number of carbonyl (C=O) groups excluding carboxylic acids is 1. The highest BCUT2D eigenvalue weighted by Gasteiger charge is 2.14. The molecule has 3 rings (SSSR count). The Kier molecular flexibility index (Phi) is 8.67. The molecule has 0 spiro atoms. The third-order valence-electron chi connectivity index (χ3n) is 4.46. The SMILES string of the molecule is CCOc1cc(CNc2ccc(NC(C)=O)cc2)cc(Br)c1OCc1ccc(Cl)cc1Cl. The van der Waals surface area contributed by atoms with E-state index < -0.39 is 0 Å². The van der Waals surface area contributed by atoms with Gasteiger partial charge in [0.2, 0.25) is 5.91 Å². The number of anilines is 2. The van der Waals surface area contributed by atoms with Crippen LogP contribution in [-0.2, 0) is 17.9 Å². The Morgan fingerprint density at radius 2 is 1.72 bits per heavy atom. The molecule has 0 bridgehead atoms. The molecule has 0 aliphatic rings. The second-order valence-corrected chi connectivity index (χ2v) is 8.67. The molecule has 32 heavy (non-hydrogen) atoms. The molecule has 0 unspecified atom stereocenters. The Labute approximate surface area is 206 Å². The summed E-state index contributed by atoms with van der Waals surface area (Å²) in [5.41, 5.74) is 3.54. The molecule has 0 saturated heterocycles. The van der Waals surface area contributed by atoms with Crippen LogP contribution in [0.25, 0.3) is 0 Å². The molecule has 8 heteroatoms. The lowest BCUT2D eigenvalue weighted by Crippen LogP contribution is -2.06. The van der Waals surface area contributed by atoms with Gasteiger partial charge in [-0.3, -0.25) is 4.79 Å². The van der Waals surface area contributed by atoms with E-state index in [1.54, 1.807) is 12.1 Å². The zero-order valence-corrected chi connectivity index (χ0v) is 20.8. The van der Waals surface area contributed by atoms with Gasteiger partial charge in [0, 0.05) is 40.5 Å². The Morgan fingerprint density at radius 3 is 2.38 bits per heavy atom. The van der Waals surface area contributed by atoms with Crippen LogP contribution in [0.15, 0.2) is 59.1 Å². The Hall–Kier alpha value is -2.41. The second-order valence-electron chi connectivity index (χ2n) is 6.97. The lowest BCUT2D eigenvalue weighted by atomic mass is 10.2. The summed E-state index contributed by atoms with van der Waals surface area (Å²) in [5.74, 6) is 1.16. The predicted molar refractivity (Wildman–Crippen MR) is 134 cm³/mol. The number of amides is 1. The van der Waals surface area contributed by atoms with Crippen LogP contribution in [0.3, 0.4) is 0 Å². The van der Waals surface area contributed by atoms with Crippen molar-refractivity contribution in [3.8, 4) is 11.5 Å². The van der Waals surface area contributed by atoms with Crippen molar-refractivity contribution in [2.75, 3.05) is 17.2 Å². The highest BCUT2D eigenvalue weighted by atomic mass is 79.9. The summed E-state index contributed by atoms with van der Waals surface area (Å²) in [6, 6.07) is 16.8. The largest absolute Gasteiger partial charge is 0.490 e. The maximum absolute atomic E-state index is 11.1. The van der Waals surface area contributed by atoms with Crippen molar-refractivity contribution in [3.63, 3.8) is 0 Å². The van der Waals surface area contributed by atoms with Gasteiger partial charge < -0.3 is 20.1 Å². The van der Waals surface area contributed by atoms with Crippen molar-refractivity contribution in [2.45, 2.75) is 27.0 Å². The maximum atomic E-state index is 11.1. The first kappa shape index (κ1) is 24.2. The van der Waals surface area contributed by atoms with Gasteiger partial charge in [0.15, 0.2) is 11.5 Å². The van der Waals surface area contributed by atoms with Gasteiger partial charge in [-0.2, -0.15) is 0 Å². The van der Waals surface area contributed by atoms with Gasteiger partial charge in [0.05, 0.1) is 11.1 Å². The highest BCUT2D eigenvalue weighted by molar-refractivity contribution is 9.10. The van der Waals surface area contributed by atoms with E-state index in [2.05, 4.69) is 26.6 Å². The zero-order valence-electron chi connectivity index (χ0n) is 17.7. The molecule has 168 valence electrons. The third-order valence-corrected chi connectivity index (χ3v) is 5.63. The summed E-state index contributed by atoms with van der Waals surface area (Å²) in [5, 5.41) is 7.25. The maximum Gasteiger partial charge on any atom is 0.221 e. The first-order chi connectivity index (χ1) is 15.4. The van der Waals surface area contributed by atoms with Crippen molar-refractivity contribution in [1.82, 2.24) is 0 Å². The van der Waals surface area contributed by atoms with E-state index >= 15 is 0 Å². The minimum absolute atomic E-state index is 0.0975. The van der Waals surface area contributed by atoms with Crippen LogP contribution in [0, 0.1) is 0 Å². The van der Waals surface area contributed by atoms with Crippen LogP contribution in [-0.4, -0.2) is 12.5 Å². The van der Waals surface area contributed by atoms with Crippen LogP contribution < -0.4 is 20.1 Å². The fourth-order valence-electron chi connectivity index (χ4n) is 2.99. The number of rotatable bonds is 9. The van der Waals surface area contributed by atoms with Gasteiger partial charge in [-0.1, -0.05) is 29.3 Å². The van der Waals surface area contributed by atoms with E-state index in [0.29, 0.717) is 34.7 Å². The number of benzene rings is 3. The van der Waals surface area contributed by atoms with Crippen molar-refractivity contribution in [2.24, 2.45) is 0 Å². The van der Waals surface area contributed by atoms with E-state index in [1.165, 1.54) is 6.92 Å². The van der Waals surface area contributed by atoms with Crippen molar-refractivity contribution < 1.29 is 14.3 Å². The molecule has 0 atom stereocenters. The number of nitrogens with one attached hydrogen (secondary N) is 2. The molecule has 3 aromatic rings. The van der Waals surface area contributed by atoms with Gasteiger partial charge in [0.25, 0.3) is 0 Å². The number of carbonyl (C=O) groups is 1. The van der Waals surface area contributed by atoms with E-state index in [-0.39, 0.29) is 12.5 Å². The standard InChI is InChI=1S/C24H23BrCl2N2O3/c1-3-31-23-11-16(13-28-19-6-8-20(9-7-19)29-15(2)30)10-21(25)24(23)32-14-17-4-5-18(26)12-22(17)27/h4-12,28H,3,13-14H2,1-2H3,(H,29,30). The number of ether oxygens (including phenoxy) is 2. The van der Waals surface area contributed by atoms with Gasteiger partial charge in [-0.25, -0.2) is 0 Å². The number of hydrogen-bond acceptors (Lipinski definition) is 4. The average Bonchev–Trinajstić information content (AvgIpc) is 2.74. The topological polar surface area (TPSA) is 59.6 Å². The van der Waals surface area contributed by atoms with Gasteiger partial charge in [0.1, 0.15) is 6.61 Å². The molecule has 0 fully saturated rings. The van der Waals surface area contributed by atoms with Crippen LogP contribution in [0.2, 0.25) is 10.0 Å². The van der Waals surface area contributed by atoms with Crippen LogP contribution in [0.5, 0.6) is 11.5 Å². The number of hydrogen-bond donors (Lipinski definition) is 2. The van der Waals surface area contributed by atoms with E-state index in [9.17, 15) is 4.79 Å². The lowest BCUT2D eigenvalue weighted by Gasteiger charge is -2.16. The van der Waals surface area contributed by atoms with Crippen molar-refractivity contribution in [3.05, 3.63) is 80.2 Å². The van der Waals surface area contributed by atoms with Gasteiger partial charge in [-0.15, -0.1) is 0 Å². The summed E-state index contributed by atoms with van der Waals surface area (Å²) in [6.07, 6.45) is 0. The van der Waals surface area contributed by atoms with Gasteiger partial charge >= 0.3 is 0 Å². The normalized spacial score (nSPS) is 10.5. The average molecular weight is 538 g/mol. The molecule has 0 aromatic heterocycles. The van der Waals surface area contributed by atoms with E-state index in [0.717, 1.165) is 27.0 Å². The molecule has 0 aliphatic carbocycles. The molecule has 0 heterocycles. The third kappa shape index (κ3) is 6.79. The summed E-state index contributed by atoms with van der Waals surface area (Å²) >= 11 is 15.8. The molecule has 1 amide bonds. The molecule has 5 nitrogen and oxygen atoms in total. The fraction of sp³-hybridized carbons (Fsp3) is 0.208. The molecular formula is C24H23BrCl2N2O3. The fourth-order valence-corrected chi connectivity index (χ4v) is 4.06. The summed E-state index contributed by atoms with van der Waals surface area (Å²) in [4.78, 5) is 11.1. The molecule has 0 radical (unpaired) electrons. The Bertz CT molecular complexity index is 1090. The van der Waals surface area contributed by atoms with Crippen molar-refractivity contribution >= 4 is 56.4 Å². The minimum atomic E-state index is -0.0975. The molecule has 0 saturated carbocycles. The Morgan fingerprint density at radius 1 is 1.00 bits per heavy atom. The van der Waals surface area contributed by atoms with Gasteiger partial charge in [-0.05, 0) is 76.9 Å². The van der Waals surface area contributed by atoms with E-state index in [1.807, 2.05) is 49.4 Å². The highest BCUT2D eigenvalue weighted by Crippen LogP contribution is 2.38. The summed E-state index contributed by atoms with van der Waals surface area (Å²) < 4.78 is 12.6. The lowest BCUT2D eigenvalue weighted by molar-refractivity contribution is -0.114. The smallest absolute Gasteiger partial charge is 0.221 e. The van der Waals surface area contributed by atoms with Crippen LogP contribution in [0.1, 0.15) is 25.0 Å². The number of halogens is 3. The predicted octanol–water partition coefficient (Wildman–Crippen LogP) is 7.30. The van der Waals surface area contributed by atoms with Crippen molar-refractivity contribution in [1.29, 1.82) is 0 Å². The first-order valence-corrected chi connectivity index (χ1v) is 11.5. The van der Waals surface area contributed by atoms with Crippen LogP contribution >= 0.6 is 39.1 Å². The molecule has 3 aromatic carbocycles. The quantitative estimate of drug-likeness (QED) is 0.300.